The third-order valence-electron chi connectivity index (χ3n) is 2.51. The molecule has 3 nitrogen and oxygen atoms in total. The van der Waals surface area contributed by atoms with Crippen LogP contribution in [0, 0.1) is 11.3 Å². The van der Waals surface area contributed by atoms with Gasteiger partial charge in [0.1, 0.15) is 0 Å². The average Bonchev–Trinajstić information content (AvgIpc) is 2.06. The van der Waals surface area contributed by atoms with E-state index in [2.05, 4.69) is 4.90 Å². The number of rotatable bonds is 3. The van der Waals surface area contributed by atoms with Gasteiger partial charge < -0.3 is 10.6 Å². The minimum Gasteiger partial charge on any atom is -0.387 e. The van der Waals surface area contributed by atoms with E-state index in [4.69, 9.17) is 11.1 Å². The summed E-state index contributed by atoms with van der Waals surface area (Å²) in [5.74, 6) is 0.545. The van der Waals surface area contributed by atoms with Crippen molar-refractivity contribution >= 4 is 5.84 Å². The minimum atomic E-state index is 0.225. The quantitative estimate of drug-likeness (QED) is 0.490. The Morgan fingerprint density at radius 1 is 1.42 bits per heavy atom. The van der Waals surface area contributed by atoms with Crippen LogP contribution in [0.2, 0.25) is 0 Å². The zero-order valence-electron chi connectivity index (χ0n) is 7.84. The predicted octanol–water partition coefficient (Wildman–Crippen LogP) is 1.04. The summed E-state index contributed by atoms with van der Waals surface area (Å²) in [6, 6.07) is 0. The summed E-state index contributed by atoms with van der Waals surface area (Å²) in [6.45, 7) is 5.38. The van der Waals surface area contributed by atoms with Crippen molar-refractivity contribution in [3.8, 4) is 0 Å². The van der Waals surface area contributed by atoms with E-state index in [1.165, 1.54) is 32.4 Å². The SMILES string of the molecule is CC(CN1CCCCC1)C(=N)N. The van der Waals surface area contributed by atoms with Gasteiger partial charge in [0.2, 0.25) is 0 Å². The number of nitrogens with zero attached hydrogens (tertiary/aromatic N) is 1. The Hall–Kier alpha value is -0.570. The van der Waals surface area contributed by atoms with Gasteiger partial charge >= 0.3 is 0 Å². The van der Waals surface area contributed by atoms with Gasteiger partial charge in [-0.3, -0.25) is 5.41 Å². The molecule has 3 N–H and O–H groups in total. The Kier molecular flexibility index (Phi) is 3.53. The van der Waals surface area contributed by atoms with Crippen molar-refractivity contribution in [1.29, 1.82) is 5.41 Å². The molecule has 0 saturated carbocycles. The normalized spacial score (nSPS) is 22.1. The van der Waals surface area contributed by atoms with Crippen molar-refractivity contribution in [1.82, 2.24) is 4.90 Å². The molecule has 0 aliphatic carbocycles. The lowest BCUT2D eigenvalue weighted by molar-refractivity contribution is 0.216. The number of nitrogens with two attached hydrogens (primary N) is 1. The van der Waals surface area contributed by atoms with Crippen molar-refractivity contribution in [2.45, 2.75) is 26.2 Å². The lowest BCUT2D eigenvalue weighted by Crippen LogP contribution is -2.37. The maximum atomic E-state index is 7.27. The summed E-state index contributed by atoms with van der Waals surface area (Å²) in [6.07, 6.45) is 3.99. The zero-order valence-corrected chi connectivity index (χ0v) is 7.84. The average molecular weight is 169 g/mol. The lowest BCUT2D eigenvalue weighted by atomic mass is 10.1. The van der Waals surface area contributed by atoms with E-state index in [-0.39, 0.29) is 5.92 Å². The number of amidine groups is 1. The highest BCUT2D eigenvalue weighted by molar-refractivity contribution is 5.79. The molecule has 1 saturated heterocycles. The Balaban J connectivity index is 2.24. The van der Waals surface area contributed by atoms with Crippen LogP contribution in [0.3, 0.4) is 0 Å². The van der Waals surface area contributed by atoms with Gasteiger partial charge in [-0.1, -0.05) is 13.3 Å². The van der Waals surface area contributed by atoms with E-state index in [1.54, 1.807) is 0 Å². The van der Waals surface area contributed by atoms with Crippen molar-refractivity contribution in [3.63, 3.8) is 0 Å². The zero-order chi connectivity index (χ0) is 8.97. The monoisotopic (exact) mass is 169 g/mol. The molecule has 1 aliphatic heterocycles. The fraction of sp³-hybridized carbons (Fsp3) is 0.889. The molecule has 0 amide bonds. The maximum Gasteiger partial charge on any atom is 0.0947 e. The second-order valence-electron chi connectivity index (χ2n) is 3.72. The minimum absolute atomic E-state index is 0.225. The number of piperidine rings is 1. The lowest BCUT2D eigenvalue weighted by Gasteiger charge is -2.28. The molecular weight excluding hydrogens is 150 g/mol. The third-order valence-corrected chi connectivity index (χ3v) is 2.51. The molecule has 0 spiro atoms. The van der Waals surface area contributed by atoms with Gasteiger partial charge in [-0.15, -0.1) is 0 Å². The maximum absolute atomic E-state index is 7.27. The molecule has 1 fully saturated rings. The highest BCUT2D eigenvalue weighted by atomic mass is 15.1. The van der Waals surface area contributed by atoms with Crippen LogP contribution in [0.4, 0.5) is 0 Å². The Bertz CT molecular complexity index is 150. The number of hydrogen-bond donors (Lipinski definition) is 2. The molecule has 3 heteroatoms. The topological polar surface area (TPSA) is 53.1 Å². The molecule has 1 unspecified atom stereocenters. The molecule has 1 aliphatic rings. The first-order chi connectivity index (χ1) is 5.70. The molecule has 70 valence electrons. The van der Waals surface area contributed by atoms with Gasteiger partial charge in [0.25, 0.3) is 0 Å². The molecule has 12 heavy (non-hydrogen) atoms. The van der Waals surface area contributed by atoms with Crippen molar-refractivity contribution in [3.05, 3.63) is 0 Å². The van der Waals surface area contributed by atoms with Crippen LogP contribution < -0.4 is 5.73 Å². The van der Waals surface area contributed by atoms with Crippen LogP contribution in [0.15, 0.2) is 0 Å². The van der Waals surface area contributed by atoms with E-state index in [1.807, 2.05) is 6.92 Å². The van der Waals surface area contributed by atoms with Gasteiger partial charge in [-0.2, -0.15) is 0 Å². The summed E-state index contributed by atoms with van der Waals surface area (Å²) < 4.78 is 0. The van der Waals surface area contributed by atoms with Gasteiger partial charge in [0, 0.05) is 12.5 Å². The van der Waals surface area contributed by atoms with E-state index in [0.29, 0.717) is 5.84 Å². The fourth-order valence-corrected chi connectivity index (χ4v) is 1.63. The third kappa shape index (κ3) is 2.81. The molecule has 0 bridgehead atoms. The predicted molar refractivity (Wildman–Crippen MR) is 51.4 cm³/mol. The van der Waals surface area contributed by atoms with Gasteiger partial charge in [0.05, 0.1) is 5.84 Å². The number of hydrogen-bond acceptors (Lipinski definition) is 2. The first-order valence-electron chi connectivity index (χ1n) is 4.76. The van der Waals surface area contributed by atoms with Crippen molar-refractivity contribution < 1.29 is 0 Å². The smallest absolute Gasteiger partial charge is 0.0947 e. The van der Waals surface area contributed by atoms with E-state index < -0.39 is 0 Å². The standard InChI is InChI=1S/C9H19N3/c1-8(9(10)11)7-12-5-3-2-4-6-12/h8H,2-7H2,1H3,(H3,10,11). The second kappa shape index (κ2) is 4.45. The summed E-state index contributed by atoms with van der Waals surface area (Å²) >= 11 is 0. The molecular formula is C9H19N3. The molecule has 0 radical (unpaired) electrons. The largest absolute Gasteiger partial charge is 0.387 e. The fourth-order valence-electron chi connectivity index (χ4n) is 1.63. The molecule has 1 rings (SSSR count). The van der Waals surface area contributed by atoms with Crippen LogP contribution in [-0.4, -0.2) is 30.4 Å². The summed E-state index contributed by atoms with van der Waals surface area (Å²) in [5, 5.41) is 7.27. The first kappa shape index (κ1) is 9.52. The molecule has 1 heterocycles. The molecule has 0 aromatic heterocycles. The second-order valence-corrected chi connectivity index (χ2v) is 3.72. The number of likely N-dealkylation sites (tertiary alicyclic amines) is 1. The molecule has 0 aromatic carbocycles. The van der Waals surface area contributed by atoms with Gasteiger partial charge in [0.15, 0.2) is 0 Å². The van der Waals surface area contributed by atoms with Crippen molar-refractivity contribution in [2.75, 3.05) is 19.6 Å². The van der Waals surface area contributed by atoms with E-state index in [9.17, 15) is 0 Å². The molecule has 1 atom stereocenters. The van der Waals surface area contributed by atoms with Crippen LogP contribution in [-0.2, 0) is 0 Å². The summed E-state index contributed by atoms with van der Waals surface area (Å²) in [5.41, 5.74) is 5.41. The van der Waals surface area contributed by atoms with Crippen LogP contribution >= 0.6 is 0 Å². The highest BCUT2D eigenvalue weighted by Gasteiger charge is 2.14. The Labute approximate surface area is 74.4 Å². The van der Waals surface area contributed by atoms with Crippen molar-refractivity contribution in [2.24, 2.45) is 11.7 Å². The summed E-state index contributed by atoms with van der Waals surface area (Å²) in [7, 11) is 0. The van der Waals surface area contributed by atoms with Crippen LogP contribution in [0.1, 0.15) is 26.2 Å². The molecule has 0 aromatic rings. The van der Waals surface area contributed by atoms with E-state index >= 15 is 0 Å². The van der Waals surface area contributed by atoms with E-state index in [0.717, 1.165) is 6.54 Å². The Morgan fingerprint density at radius 3 is 2.50 bits per heavy atom. The number of nitrogens with one attached hydrogen (secondary N) is 1. The van der Waals surface area contributed by atoms with Crippen LogP contribution in [0.5, 0.6) is 0 Å². The first-order valence-corrected chi connectivity index (χ1v) is 4.76. The van der Waals surface area contributed by atoms with Gasteiger partial charge in [-0.05, 0) is 25.9 Å². The summed E-state index contributed by atoms with van der Waals surface area (Å²) in [4.78, 5) is 2.41. The Morgan fingerprint density at radius 2 is 2.00 bits per heavy atom. The highest BCUT2D eigenvalue weighted by Crippen LogP contribution is 2.10. The van der Waals surface area contributed by atoms with Gasteiger partial charge in [-0.25, -0.2) is 0 Å². The van der Waals surface area contributed by atoms with Crippen LogP contribution in [0.25, 0.3) is 0 Å².